The molecule has 0 aliphatic rings. The summed E-state index contributed by atoms with van der Waals surface area (Å²) in [4.78, 5) is 24.8. The van der Waals surface area contributed by atoms with Gasteiger partial charge in [-0.25, -0.2) is 0 Å². The third-order valence-corrected chi connectivity index (χ3v) is 4.62. The van der Waals surface area contributed by atoms with Crippen LogP contribution in [0.1, 0.15) is 16.8 Å². The van der Waals surface area contributed by atoms with E-state index in [2.05, 4.69) is 5.32 Å². The van der Waals surface area contributed by atoms with E-state index in [0.717, 1.165) is 0 Å². The Kier molecular flexibility index (Phi) is 6.68. The van der Waals surface area contributed by atoms with Crippen molar-refractivity contribution in [3.63, 3.8) is 0 Å². The van der Waals surface area contributed by atoms with Gasteiger partial charge in [-0.1, -0.05) is 34.8 Å². The van der Waals surface area contributed by atoms with Gasteiger partial charge < -0.3 is 14.6 Å². The first kappa shape index (κ1) is 20.3. The van der Waals surface area contributed by atoms with Crippen molar-refractivity contribution in [3.8, 4) is 6.07 Å². The van der Waals surface area contributed by atoms with E-state index < -0.39 is 11.5 Å². The van der Waals surface area contributed by atoms with E-state index in [1.165, 1.54) is 23.8 Å². The number of methoxy groups -OCH3 is 1. The predicted octanol–water partition coefficient (Wildman–Crippen LogP) is 3.77. The minimum atomic E-state index is -0.560. The molecule has 1 N–H and O–H groups in total. The maximum atomic E-state index is 12.5. The Bertz CT molecular complexity index is 964. The summed E-state index contributed by atoms with van der Waals surface area (Å²) in [6.07, 6.45) is 0. The summed E-state index contributed by atoms with van der Waals surface area (Å²) in [5.74, 6) is -0.501. The minimum absolute atomic E-state index is 0.0576. The van der Waals surface area contributed by atoms with Gasteiger partial charge in [0.1, 0.15) is 18.2 Å². The summed E-state index contributed by atoms with van der Waals surface area (Å²) in [6.45, 7) is 1.51. The molecule has 26 heavy (non-hydrogen) atoms. The van der Waals surface area contributed by atoms with Gasteiger partial charge >= 0.3 is 0 Å². The number of hydrogen-bond donors (Lipinski definition) is 1. The Morgan fingerprint density at radius 1 is 1.23 bits per heavy atom. The van der Waals surface area contributed by atoms with Crippen LogP contribution < -0.4 is 10.9 Å². The van der Waals surface area contributed by atoms with Gasteiger partial charge in [0.05, 0.1) is 27.4 Å². The lowest BCUT2D eigenvalue weighted by Crippen LogP contribution is -2.31. The summed E-state index contributed by atoms with van der Waals surface area (Å²) in [5.41, 5.74) is 0.652. The molecule has 0 bridgehead atoms. The first-order valence-corrected chi connectivity index (χ1v) is 8.48. The molecular formula is C17H14Cl3N3O3. The molecule has 0 aliphatic heterocycles. The Balaban J connectivity index is 2.31. The topological polar surface area (TPSA) is 84.1 Å². The number of rotatable bonds is 5. The number of benzene rings is 1. The number of pyridine rings is 1. The third kappa shape index (κ3) is 4.37. The lowest BCUT2D eigenvalue weighted by atomic mass is 10.1. The molecule has 9 heteroatoms. The fraction of sp³-hybridized carbons (Fsp3) is 0.235. The first-order valence-electron chi connectivity index (χ1n) is 7.35. The second-order valence-corrected chi connectivity index (χ2v) is 6.64. The number of amides is 1. The molecule has 6 nitrogen and oxygen atoms in total. The summed E-state index contributed by atoms with van der Waals surface area (Å²) in [7, 11) is 1.47. The van der Waals surface area contributed by atoms with E-state index in [-0.39, 0.29) is 39.5 Å². The zero-order valence-electron chi connectivity index (χ0n) is 13.9. The number of anilines is 1. The van der Waals surface area contributed by atoms with Crippen LogP contribution in [0.15, 0.2) is 23.0 Å². The SMILES string of the molecule is COCc1cc(C)n(CC(=O)Nc2cc(Cl)c(Cl)cc2Cl)c(=O)c1C#N. The van der Waals surface area contributed by atoms with Crippen molar-refractivity contribution in [2.75, 3.05) is 12.4 Å². The van der Waals surface area contributed by atoms with Crippen LogP contribution in [0.5, 0.6) is 0 Å². The van der Waals surface area contributed by atoms with Gasteiger partial charge in [-0.3, -0.25) is 9.59 Å². The van der Waals surface area contributed by atoms with Crippen molar-refractivity contribution < 1.29 is 9.53 Å². The number of carbonyl (C=O) groups is 1. The van der Waals surface area contributed by atoms with Crippen LogP contribution in [0.4, 0.5) is 5.69 Å². The molecular weight excluding hydrogens is 401 g/mol. The molecule has 1 amide bonds. The van der Waals surface area contributed by atoms with Crippen LogP contribution in [-0.2, 0) is 22.7 Å². The number of carbonyl (C=O) groups excluding carboxylic acids is 1. The molecule has 1 heterocycles. The lowest BCUT2D eigenvalue weighted by molar-refractivity contribution is -0.116. The lowest BCUT2D eigenvalue weighted by Gasteiger charge is -2.14. The number of ether oxygens (including phenoxy) is 1. The van der Waals surface area contributed by atoms with Crippen LogP contribution in [-0.4, -0.2) is 17.6 Å². The summed E-state index contributed by atoms with van der Waals surface area (Å²) >= 11 is 17.8. The highest BCUT2D eigenvalue weighted by molar-refractivity contribution is 6.44. The number of hydrogen-bond acceptors (Lipinski definition) is 4. The van der Waals surface area contributed by atoms with Crippen LogP contribution in [0.25, 0.3) is 0 Å². The average Bonchev–Trinajstić information content (AvgIpc) is 2.57. The molecule has 0 fully saturated rings. The number of aryl methyl sites for hydroxylation is 1. The van der Waals surface area contributed by atoms with Crippen LogP contribution in [0, 0.1) is 18.3 Å². The maximum absolute atomic E-state index is 12.5. The largest absolute Gasteiger partial charge is 0.380 e. The summed E-state index contributed by atoms with van der Waals surface area (Å²) in [6, 6.07) is 6.33. The monoisotopic (exact) mass is 413 g/mol. The predicted molar refractivity (Wildman–Crippen MR) is 101 cm³/mol. The van der Waals surface area contributed by atoms with E-state index in [1.807, 2.05) is 6.07 Å². The minimum Gasteiger partial charge on any atom is -0.380 e. The van der Waals surface area contributed by atoms with E-state index in [1.54, 1.807) is 13.0 Å². The fourth-order valence-corrected chi connectivity index (χ4v) is 2.97. The highest BCUT2D eigenvalue weighted by Crippen LogP contribution is 2.32. The molecule has 0 aliphatic carbocycles. The van der Waals surface area contributed by atoms with Crippen LogP contribution >= 0.6 is 34.8 Å². The zero-order chi connectivity index (χ0) is 19.4. The molecule has 0 unspecified atom stereocenters. The van der Waals surface area contributed by atoms with Crippen molar-refractivity contribution in [1.29, 1.82) is 5.26 Å². The second-order valence-electron chi connectivity index (χ2n) is 5.42. The number of aromatic nitrogens is 1. The average molecular weight is 415 g/mol. The van der Waals surface area contributed by atoms with Crippen LogP contribution in [0.3, 0.4) is 0 Å². The van der Waals surface area contributed by atoms with Crippen molar-refractivity contribution in [1.82, 2.24) is 4.57 Å². The van der Waals surface area contributed by atoms with Gasteiger partial charge in [0.25, 0.3) is 5.56 Å². The molecule has 1 aromatic heterocycles. The standard InChI is InChI=1S/C17H14Cl3N3O3/c1-9-3-10(8-26-2)11(6-21)17(25)23(9)7-16(24)22-15-5-13(19)12(18)4-14(15)20/h3-5H,7-8H2,1-2H3,(H,22,24). The quantitative estimate of drug-likeness (QED) is 0.755. The fourth-order valence-electron chi connectivity index (χ4n) is 2.37. The Morgan fingerprint density at radius 2 is 1.88 bits per heavy atom. The molecule has 0 radical (unpaired) electrons. The van der Waals surface area contributed by atoms with Gasteiger partial charge in [0, 0.05) is 18.4 Å². The molecule has 2 aromatic rings. The molecule has 0 saturated heterocycles. The first-order chi connectivity index (χ1) is 12.3. The van der Waals surface area contributed by atoms with E-state index in [9.17, 15) is 14.9 Å². The number of nitrogens with zero attached hydrogens (tertiary/aromatic N) is 2. The van der Waals surface area contributed by atoms with Gasteiger partial charge in [0.2, 0.25) is 5.91 Å². The van der Waals surface area contributed by atoms with Gasteiger partial charge in [0.15, 0.2) is 0 Å². The van der Waals surface area contributed by atoms with E-state index in [4.69, 9.17) is 39.5 Å². The maximum Gasteiger partial charge on any atom is 0.269 e. The third-order valence-electron chi connectivity index (χ3n) is 3.59. The van der Waals surface area contributed by atoms with E-state index in [0.29, 0.717) is 11.3 Å². The van der Waals surface area contributed by atoms with Crippen molar-refractivity contribution in [3.05, 3.63) is 60.4 Å². The molecule has 0 atom stereocenters. The normalized spacial score (nSPS) is 10.5. The molecule has 2 rings (SSSR count). The smallest absolute Gasteiger partial charge is 0.269 e. The van der Waals surface area contributed by atoms with Crippen molar-refractivity contribution >= 4 is 46.4 Å². The zero-order valence-corrected chi connectivity index (χ0v) is 16.2. The van der Waals surface area contributed by atoms with Crippen molar-refractivity contribution in [2.45, 2.75) is 20.1 Å². The number of nitriles is 1. The summed E-state index contributed by atoms with van der Waals surface area (Å²) < 4.78 is 6.20. The highest BCUT2D eigenvalue weighted by atomic mass is 35.5. The van der Waals surface area contributed by atoms with Gasteiger partial charge in [-0.15, -0.1) is 0 Å². The van der Waals surface area contributed by atoms with Crippen molar-refractivity contribution in [2.24, 2.45) is 0 Å². The molecule has 0 spiro atoms. The van der Waals surface area contributed by atoms with E-state index >= 15 is 0 Å². The Hall–Kier alpha value is -2.04. The van der Waals surface area contributed by atoms with Gasteiger partial charge in [-0.2, -0.15) is 5.26 Å². The number of halogens is 3. The molecule has 136 valence electrons. The molecule has 1 aromatic carbocycles. The highest BCUT2D eigenvalue weighted by Gasteiger charge is 2.16. The van der Waals surface area contributed by atoms with Crippen LogP contribution in [0.2, 0.25) is 15.1 Å². The Labute approximate surface area is 164 Å². The molecule has 0 saturated carbocycles. The second kappa shape index (κ2) is 8.56. The van der Waals surface area contributed by atoms with Gasteiger partial charge in [-0.05, 0) is 25.1 Å². The Morgan fingerprint density at radius 3 is 2.50 bits per heavy atom. The number of nitrogens with one attached hydrogen (secondary N) is 1. The summed E-state index contributed by atoms with van der Waals surface area (Å²) in [5, 5.41) is 12.5.